The van der Waals surface area contributed by atoms with E-state index in [0.29, 0.717) is 0 Å². The summed E-state index contributed by atoms with van der Waals surface area (Å²) < 4.78 is 0. The molecule has 2 nitrogen and oxygen atoms in total. The van der Waals surface area contributed by atoms with E-state index in [1.165, 1.54) is 0 Å². The monoisotopic (exact) mass is 102 g/mol. The fraction of sp³-hybridized carbons (Fsp3) is 0. The summed E-state index contributed by atoms with van der Waals surface area (Å²) in [7, 11) is 0. The van der Waals surface area contributed by atoms with Gasteiger partial charge in [-0.1, -0.05) is 0 Å². The quantitative estimate of drug-likeness (QED) is 0.336. The van der Waals surface area contributed by atoms with E-state index in [4.69, 9.17) is 10.2 Å². The first-order valence-corrected chi connectivity index (χ1v) is 0.454. The Kier molecular flexibility index (Phi) is 29.7. The van der Waals surface area contributed by atoms with E-state index in [0.717, 1.165) is 6.08 Å². The molecule has 0 heterocycles. The molecule has 25 valence electrons. The van der Waals surface area contributed by atoms with Gasteiger partial charge in [-0.3, -0.25) is 0 Å². The van der Waals surface area contributed by atoms with E-state index in [1.54, 1.807) is 0 Å². The molecule has 0 rings (SSSR count). The predicted octanol–water partition coefficient (Wildman–Crippen LogP) is -0.102. The Balaban J connectivity index is 0. The standard InChI is InChI=1S/CHNO.Co/c2-1-3;/h2H;. The van der Waals surface area contributed by atoms with Crippen LogP contribution < -0.4 is 0 Å². The maximum absolute atomic E-state index is 8.35. The van der Waals surface area contributed by atoms with Crippen LogP contribution in [0.15, 0.2) is 0 Å². The van der Waals surface area contributed by atoms with Gasteiger partial charge in [-0.25, -0.2) is 10.2 Å². The zero-order valence-electron chi connectivity index (χ0n) is 1.74. The van der Waals surface area contributed by atoms with Crippen LogP contribution in [0.2, 0.25) is 0 Å². The van der Waals surface area contributed by atoms with Crippen LogP contribution in [0.25, 0.3) is 0 Å². The first kappa shape index (κ1) is 9.10. The molecule has 0 aromatic heterocycles. The van der Waals surface area contributed by atoms with E-state index in [2.05, 4.69) is 0 Å². The van der Waals surface area contributed by atoms with Crippen LogP contribution in [0.5, 0.6) is 0 Å². The smallest absolute Gasteiger partial charge is 0.222 e. The zero-order chi connectivity index (χ0) is 2.71. The summed E-state index contributed by atoms with van der Waals surface area (Å²) in [5.74, 6) is 0. The van der Waals surface area contributed by atoms with E-state index in [1.807, 2.05) is 0 Å². The molecule has 0 atom stereocenters. The molecule has 0 aliphatic heterocycles. The number of carbonyl (C=O) groups excluding carboxylic acids is 1. The molecule has 3 heteroatoms. The number of nitrogens with one attached hydrogen (secondary N) is 1. The molecule has 0 aliphatic carbocycles. The molecular formula is CHCoNO. The van der Waals surface area contributed by atoms with Crippen LogP contribution in [0.4, 0.5) is 0 Å². The predicted molar refractivity (Wildman–Crippen MR) is 8.41 cm³/mol. The van der Waals surface area contributed by atoms with Gasteiger partial charge in [0.2, 0.25) is 6.08 Å². The molecule has 0 aromatic rings. The minimum Gasteiger partial charge on any atom is -0.222 e. The minimum absolute atomic E-state index is 0. The van der Waals surface area contributed by atoms with Crippen LogP contribution in [-0.4, -0.2) is 6.08 Å². The molecule has 0 spiro atoms. The van der Waals surface area contributed by atoms with Crippen LogP contribution in [0.1, 0.15) is 0 Å². The third-order valence-electron chi connectivity index (χ3n) is 0. The fourth-order valence-electron chi connectivity index (χ4n) is 0. The van der Waals surface area contributed by atoms with Crippen molar-refractivity contribution in [3.05, 3.63) is 0 Å². The molecule has 0 saturated carbocycles. The Bertz CT molecular complexity index is 29.0. The molecule has 0 bridgehead atoms. The maximum Gasteiger partial charge on any atom is 0.231 e. The Hall–Kier alpha value is -0.114. The van der Waals surface area contributed by atoms with Gasteiger partial charge in [-0.15, -0.1) is 0 Å². The molecule has 1 radical (unpaired) electrons. The fourth-order valence-corrected chi connectivity index (χ4v) is 0. The summed E-state index contributed by atoms with van der Waals surface area (Å²) in [6.07, 6.45) is 0.750. The van der Waals surface area contributed by atoms with Crippen LogP contribution in [0, 0.1) is 5.41 Å². The van der Waals surface area contributed by atoms with Crippen molar-refractivity contribution in [2.75, 3.05) is 0 Å². The minimum atomic E-state index is 0. The topological polar surface area (TPSA) is 40.9 Å². The molecule has 4 heavy (non-hydrogen) atoms. The molecule has 0 unspecified atom stereocenters. The Morgan fingerprint density at radius 3 is 1.75 bits per heavy atom. The number of hydrogen-bond donors (Lipinski definition) is 1. The second-order valence-corrected chi connectivity index (χ2v) is 0.102. The van der Waals surface area contributed by atoms with Gasteiger partial charge in [0.05, 0.1) is 0 Å². The van der Waals surface area contributed by atoms with Crippen molar-refractivity contribution in [2.45, 2.75) is 0 Å². The van der Waals surface area contributed by atoms with Gasteiger partial charge in [0, 0.05) is 16.8 Å². The summed E-state index contributed by atoms with van der Waals surface area (Å²) in [5, 5.41) is 5.40. The van der Waals surface area contributed by atoms with Gasteiger partial charge in [-0.2, -0.15) is 0 Å². The molecular weight excluding hydrogens is 101 g/mol. The summed E-state index contributed by atoms with van der Waals surface area (Å²) in [5.41, 5.74) is 0. The van der Waals surface area contributed by atoms with E-state index < -0.39 is 0 Å². The summed E-state index contributed by atoms with van der Waals surface area (Å²) in [6, 6.07) is 0. The Morgan fingerprint density at radius 2 is 1.75 bits per heavy atom. The first-order valence-electron chi connectivity index (χ1n) is 0.454. The molecule has 0 fully saturated rings. The van der Waals surface area contributed by atoms with Gasteiger partial charge in [0.1, 0.15) is 0 Å². The maximum atomic E-state index is 8.35. The van der Waals surface area contributed by atoms with Crippen molar-refractivity contribution in [3.63, 3.8) is 0 Å². The van der Waals surface area contributed by atoms with Crippen molar-refractivity contribution in [3.8, 4) is 0 Å². The normalized spacial score (nSPS) is 2.00. The molecule has 0 amide bonds. The first-order chi connectivity index (χ1) is 1.41. The average Bonchev–Trinajstić information content (AvgIpc) is 0.918. The van der Waals surface area contributed by atoms with Crippen molar-refractivity contribution in [2.24, 2.45) is 0 Å². The third kappa shape index (κ3) is 115. The van der Waals surface area contributed by atoms with Crippen molar-refractivity contribution >= 4 is 6.08 Å². The molecule has 0 aliphatic rings. The zero-order valence-corrected chi connectivity index (χ0v) is 2.78. The summed E-state index contributed by atoms with van der Waals surface area (Å²) in [6.45, 7) is 0. The summed E-state index contributed by atoms with van der Waals surface area (Å²) >= 11 is 0. The summed E-state index contributed by atoms with van der Waals surface area (Å²) in [4.78, 5) is 8.35. The van der Waals surface area contributed by atoms with Crippen LogP contribution in [0.3, 0.4) is 0 Å². The Labute approximate surface area is 33.9 Å². The molecule has 0 aromatic carbocycles. The number of hydrogen-bond acceptors (Lipinski definition) is 2. The van der Waals surface area contributed by atoms with Gasteiger partial charge < -0.3 is 0 Å². The van der Waals surface area contributed by atoms with Crippen molar-refractivity contribution < 1.29 is 21.6 Å². The second kappa shape index (κ2) is 13.1. The van der Waals surface area contributed by atoms with Gasteiger partial charge >= 0.3 is 0 Å². The number of rotatable bonds is 0. The van der Waals surface area contributed by atoms with Crippen molar-refractivity contribution in [1.29, 1.82) is 5.41 Å². The van der Waals surface area contributed by atoms with Gasteiger partial charge in [0.25, 0.3) is 0 Å². The van der Waals surface area contributed by atoms with E-state index >= 15 is 0 Å². The van der Waals surface area contributed by atoms with Gasteiger partial charge in [-0.05, 0) is 0 Å². The largest absolute Gasteiger partial charge is 0.231 e. The average molecular weight is 102 g/mol. The van der Waals surface area contributed by atoms with E-state index in [-0.39, 0.29) is 16.8 Å². The second-order valence-electron chi connectivity index (χ2n) is 0.102. The van der Waals surface area contributed by atoms with E-state index in [9.17, 15) is 0 Å². The van der Waals surface area contributed by atoms with Crippen LogP contribution >= 0.6 is 0 Å². The number of isocyanates is 1. The third-order valence-corrected chi connectivity index (χ3v) is 0. The Morgan fingerprint density at radius 1 is 1.75 bits per heavy atom. The molecule has 1 N–H and O–H groups in total. The van der Waals surface area contributed by atoms with Gasteiger partial charge in [0.15, 0.2) is 0 Å². The van der Waals surface area contributed by atoms with Crippen LogP contribution in [-0.2, 0) is 21.6 Å². The SMILES string of the molecule is N=C=O.[Co]. The van der Waals surface area contributed by atoms with Crippen molar-refractivity contribution in [1.82, 2.24) is 0 Å². The molecule has 0 saturated heterocycles.